The van der Waals surface area contributed by atoms with Gasteiger partial charge in [0.1, 0.15) is 0 Å². The summed E-state index contributed by atoms with van der Waals surface area (Å²) in [5.41, 5.74) is 5.07. The average molecular weight is 232 g/mol. The third kappa shape index (κ3) is 2.56. The molecule has 0 radical (unpaired) electrons. The van der Waals surface area contributed by atoms with E-state index in [4.69, 9.17) is 0 Å². The van der Waals surface area contributed by atoms with Crippen LogP contribution in [0, 0.1) is 0 Å². The highest BCUT2D eigenvalue weighted by molar-refractivity contribution is 5.43. The maximum absolute atomic E-state index is 2.39. The van der Waals surface area contributed by atoms with Gasteiger partial charge in [0.15, 0.2) is 0 Å². The molecule has 1 aromatic rings. The average Bonchev–Trinajstić information content (AvgIpc) is 2.37. The summed E-state index contributed by atoms with van der Waals surface area (Å²) in [5.74, 6) is 1.71. The fourth-order valence-corrected chi connectivity index (χ4v) is 3.36. The van der Waals surface area contributed by atoms with Crippen LogP contribution in [0.4, 0.5) is 0 Å². The molecule has 0 heterocycles. The summed E-state index contributed by atoms with van der Waals surface area (Å²) in [6.45, 7) is 6.39. The molecule has 0 aromatic heterocycles. The zero-order valence-electron chi connectivity index (χ0n) is 10.9. The van der Waals surface area contributed by atoms with Crippen molar-refractivity contribution in [3.8, 4) is 0 Å². The van der Waals surface area contributed by atoms with Crippen molar-refractivity contribution < 1.29 is 0 Å². The van der Waals surface area contributed by atoms with Crippen LogP contribution in [0.2, 0.25) is 0 Å². The van der Waals surface area contributed by atoms with Gasteiger partial charge in [0.25, 0.3) is 0 Å². The number of benzene rings is 1. The zero-order valence-corrected chi connectivity index (χ0v) is 10.9. The molecule has 0 spiro atoms. The Labute approximate surface area is 107 Å². The van der Waals surface area contributed by atoms with Crippen LogP contribution >= 0.6 is 0 Å². The van der Waals surface area contributed by atoms with E-state index in [1.807, 2.05) is 13.8 Å². The molecule has 0 fully saturated rings. The molecule has 2 aliphatic carbocycles. The predicted octanol–water partition coefficient (Wildman–Crippen LogP) is 5.67. The van der Waals surface area contributed by atoms with Crippen LogP contribution in [0.15, 0.2) is 18.2 Å². The minimum atomic E-state index is 0. The molecule has 1 aromatic carbocycles. The maximum Gasteiger partial charge on any atom is -0.0156 e. The van der Waals surface area contributed by atoms with Gasteiger partial charge in [-0.05, 0) is 60.6 Å². The molecule has 2 unspecified atom stereocenters. The Morgan fingerprint density at radius 2 is 1.82 bits per heavy atom. The second-order valence-corrected chi connectivity index (χ2v) is 4.99. The lowest BCUT2D eigenvalue weighted by Gasteiger charge is -2.35. The van der Waals surface area contributed by atoms with Crippen LogP contribution in [0.1, 0.15) is 82.4 Å². The van der Waals surface area contributed by atoms with Crippen molar-refractivity contribution in [1.82, 2.24) is 0 Å². The molecule has 3 rings (SSSR count). The van der Waals surface area contributed by atoms with Crippen LogP contribution in [0.25, 0.3) is 0 Å². The Morgan fingerprint density at radius 3 is 2.59 bits per heavy atom. The standard InChI is InChI=1S/C14H18.C2H6.CH4/c1-10-8-9-12-5-2-4-11-6-3-7-13(10)14(11)12;1-2;/h3,6-7,10,12H,2,4-5,8-9H2,1H3;1-2H3;1H4. The second-order valence-electron chi connectivity index (χ2n) is 4.99. The first-order chi connectivity index (χ1) is 7.86. The molecule has 0 saturated carbocycles. The largest absolute Gasteiger partial charge is 0.0776 e. The van der Waals surface area contributed by atoms with Gasteiger partial charge in [0, 0.05) is 0 Å². The molecular weight excluding hydrogens is 204 g/mol. The third-order valence-electron chi connectivity index (χ3n) is 4.12. The highest BCUT2D eigenvalue weighted by Crippen LogP contribution is 2.45. The van der Waals surface area contributed by atoms with Crippen molar-refractivity contribution in [3.05, 3.63) is 34.9 Å². The molecule has 0 amide bonds. The highest BCUT2D eigenvalue weighted by Gasteiger charge is 2.28. The van der Waals surface area contributed by atoms with Gasteiger partial charge in [-0.1, -0.05) is 46.4 Å². The molecule has 96 valence electrons. The molecule has 0 N–H and O–H groups in total. The van der Waals surface area contributed by atoms with E-state index in [2.05, 4.69) is 25.1 Å². The Balaban J connectivity index is 0.000000459. The van der Waals surface area contributed by atoms with Crippen molar-refractivity contribution in [2.75, 3.05) is 0 Å². The first-order valence-electron chi connectivity index (χ1n) is 6.98. The molecule has 2 atom stereocenters. The van der Waals surface area contributed by atoms with E-state index in [9.17, 15) is 0 Å². The number of hydrogen-bond acceptors (Lipinski definition) is 0. The summed E-state index contributed by atoms with van der Waals surface area (Å²) in [7, 11) is 0. The van der Waals surface area contributed by atoms with E-state index >= 15 is 0 Å². The molecule has 2 aliphatic rings. The van der Waals surface area contributed by atoms with E-state index in [0.717, 1.165) is 11.8 Å². The minimum Gasteiger partial charge on any atom is -0.0776 e. The molecule has 0 nitrogen and oxygen atoms in total. The third-order valence-corrected chi connectivity index (χ3v) is 4.12. The summed E-state index contributed by atoms with van der Waals surface area (Å²) in [6, 6.07) is 6.97. The van der Waals surface area contributed by atoms with Gasteiger partial charge in [-0.3, -0.25) is 0 Å². The predicted molar refractivity (Wildman–Crippen MR) is 77.8 cm³/mol. The molecular formula is C17H28. The van der Waals surface area contributed by atoms with Gasteiger partial charge in [-0.2, -0.15) is 0 Å². The van der Waals surface area contributed by atoms with Crippen molar-refractivity contribution in [2.45, 2.75) is 72.1 Å². The topological polar surface area (TPSA) is 0 Å². The molecule has 0 saturated heterocycles. The van der Waals surface area contributed by atoms with E-state index in [1.54, 1.807) is 16.7 Å². The van der Waals surface area contributed by atoms with Crippen molar-refractivity contribution in [1.29, 1.82) is 0 Å². The lowest BCUT2D eigenvalue weighted by atomic mass is 9.70. The van der Waals surface area contributed by atoms with E-state index in [-0.39, 0.29) is 7.43 Å². The first-order valence-corrected chi connectivity index (χ1v) is 6.98. The van der Waals surface area contributed by atoms with Crippen molar-refractivity contribution >= 4 is 0 Å². The van der Waals surface area contributed by atoms with Gasteiger partial charge < -0.3 is 0 Å². The normalized spacial score (nSPS) is 24.9. The van der Waals surface area contributed by atoms with Crippen molar-refractivity contribution in [2.24, 2.45) is 0 Å². The van der Waals surface area contributed by atoms with Gasteiger partial charge in [0.2, 0.25) is 0 Å². The molecule has 0 heteroatoms. The van der Waals surface area contributed by atoms with E-state index < -0.39 is 0 Å². The fraction of sp³-hybridized carbons (Fsp3) is 0.647. The summed E-state index contributed by atoms with van der Waals surface area (Å²) in [4.78, 5) is 0. The van der Waals surface area contributed by atoms with Crippen LogP contribution < -0.4 is 0 Å². The minimum absolute atomic E-state index is 0. The monoisotopic (exact) mass is 232 g/mol. The highest BCUT2D eigenvalue weighted by atomic mass is 14.3. The zero-order chi connectivity index (χ0) is 11.5. The molecule has 0 bridgehead atoms. The maximum atomic E-state index is 2.39. The molecule has 17 heavy (non-hydrogen) atoms. The first kappa shape index (κ1) is 14.3. The van der Waals surface area contributed by atoms with Crippen LogP contribution in [-0.2, 0) is 6.42 Å². The molecule has 0 aliphatic heterocycles. The van der Waals surface area contributed by atoms with E-state index in [1.165, 1.54) is 32.1 Å². The Hall–Kier alpha value is -0.780. The van der Waals surface area contributed by atoms with Crippen molar-refractivity contribution in [3.63, 3.8) is 0 Å². The number of aryl methyl sites for hydroxylation is 1. The summed E-state index contributed by atoms with van der Waals surface area (Å²) < 4.78 is 0. The Bertz CT molecular complexity index is 351. The summed E-state index contributed by atoms with van der Waals surface area (Å²) >= 11 is 0. The SMILES string of the molecule is C.CC.CC1CCC2CCCc3cccc1c32. The van der Waals surface area contributed by atoms with Gasteiger partial charge in [0.05, 0.1) is 0 Å². The quantitative estimate of drug-likeness (QED) is 0.541. The fourth-order valence-electron chi connectivity index (χ4n) is 3.36. The summed E-state index contributed by atoms with van der Waals surface area (Å²) in [5, 5.41) is 0. The van der Waals surface area contributed by atoms with Gasteiger partial charge >= 0.3 is 0 Å². The lowest BCUT2D eigenvalue weighted by Crippen LogP contribution is -2.18. The lowest BCUT2D eigenvalue weighted by molar-refractivity contribution is 0.446. The second kappa shape index (κ2) is 6.23. The van der Waals surface area contributed by atoms with Crippen LogP contribution in [0.3, 0.4) is 0 Å². The Morgan fingerprint density at radius 1 is 1.06 bits per heavy atom. The van der Waals surface area contributed by atoms with Gasteiger partial charge in [-0.25, -0.2) is 0 Å². The number of rotatable bonds is 0. The summed E-state index contributed by atoms with van der Waals surface area (Å²) in [6.07, 6.45) is 7.02. The Kier molecular flexibility index (Phi) is 5.24. The van der Waals surface area contributed by atoms with Crippen LogP contribution in [-0.4, -0.2) is 0 Å². The van der Waals surface area contributed by atoms with Crippen LogP contribution in [0.5, 0.6) is 0 Å². The smallest absolute Gasteiger partial charge is 0.0156 e. The number of hydrogen-bond donors (Lipinski definition) is 0. The van der Waals surface area contributed by atoms with Gasteiger partial charge in [-0.15, -0.1) is 0 Å². The van der Waals surface area contributed by atoms with E-state index in [0.29, 0.717) is 0 Å².